The van der Waals surface area contributed by atoms with Crippen LogP contribution < -0.4 is 0 Å². The third-order valence-electron chi connectivity index (χ3n) is 2.19. The van der Waals surface area contributed by atoms with Crippen LogP contribution in [0.25, 0.3) is 0 Å². The summed E-state index contributed by atoms with van der Waals surface area (Å²) in [5.41, 5.74) is 0. The second-order valence-electron chi connectivity index (χ2n) is 3.42. The Morgan fingerprint density at radius 1 is 1.62 bits per heavy atom. The van der Waals surface area contributed by atoms with Gasteiger partial charge in [0.15, 0.2) is 12.5 Å². The molecule has 5 nitrogen and oxygen atoms in total. The van der Waals surface area contributed by atoms with Gasteiger partial charge in [-0.15, -0.1) is 0 Å². The first-order valence-electron chi connectivity index (χ1n) is 4.06. The summed E-state index contributed by atoms with van der Waals surface area (Å²) in [6.45, 7) is 3.04. The molecule has 6 heteroatoms. The van der Waals surface area contributed by atoms with Gasteiger partial charge in [-0.1, -0.05) is 0 Å². The maximum Gasteiger partial charge on any atom is 0.174 e. The molecule has 0 radical (unpaired) electrons. The van der Waals surface area contributed by atoms with Gasteiger partial charge in [0.1, 0.15) is 16.3 Å². The molecule has 1 rings (SSSR count). The lowest BCUT2D eigenvalue weighted by molar-refractivity contribution is -0.867. The van der Waals surface area contributed by atoms with Gasteiger partial charge in [-0.05, 0) is 6.92 Å². The minimum Gasteiger partial charge on any atom is -0.744 e. The Hall–Kier alpha value is -0.590. The van der Waals surface area contributed by atoms with Crippen LogP contribution in [0.2, 0.25) is 0 Å². The molecule has 0 aliphatic carbocycles. The Labute approximate surface area is 78.6 Å². The van der Waals surface area contributed by atoms with E-state index in [1.54, 1.807) is 12.4 Å². The van der Waals surface area contributed by atoms with E-state index >= 15 is 0 Å². The van der Waals surface area contributed by atoms with Crippen LogP contribution in [0.15, 0.2) is 12.4 Å². The molecule has 0 saturated carbocycles. The maximum atomic E-state index is 10.6. The van der Waals surface area contributed by atoms with Crippen LogP contribution in [0, 0.1) is 0 Å². The van der Waals surface area contributed by atoms with E-state index in [-0.39, 0.29) is 10.4 Å². The Balaban J connectivity index is 2.80. The molecule has 0 aromatic rings. The SMILES string of the molecule is CC[N+]1(CS(=O)(=O)[O-])C=CN(C)C1. The van der Waals surface area contributed by atoms with E-state index in [0.717, 1.165) is 0 Å². The van der Waals surface area contributed by atoms with Crippen LogP contribution in [0.1, 0.15) is 6.92 Å². The number of quaternary nitrogens is 1. The third-order valence-corrected chi connectivity index (χ3v) is 3.02. The van der Waals surface area contributed by atoms with Gasteiger partial charge in [0, 0.05) is 7.05 Å². The zero-order chi connectivity index (χ0) is 10.1. The molecule has 0 spiro atoms. The molecule has 1 unspecified atom stereocenters. The fourth-order valence-corrected chi connectivity index (χ4v) is 2.47. The summed E-state index contributed by atoms with van der Waals surface area (Å²) in [4.78, 5) is 1.87. The Kier molecular flexibility index (Phi) is 2.65. The minimum absolute atomic E-state index is 0.211. The van der Waals surface area contributed by atoms with Crippen LogP contribution >= 0.6 is 0 Å². The van der Waals surface area contributed by atoms with E-state index in [4.69, 9.17) is 0 Å². The molecule has 1 aliphatic heterocycles. The van der Waals surface area contributed by atoms with Crippen molar-refractivity contribution in [1.29, 1.82) is 0 Å². The summed E-state index contributed by atoms with van der Waals surface area (Å²) >= 11 is 0. The minimum atomic E-state index is -4.16. The first kappa shape index (κ1) is 10.5. The quantitative estimate of drug-likeness (QED) is 0.470. The molecule has 76 valence electrons. The van der Waals surface area contributed by atoms with E-state index in [1.165, 1.54) is 0 Å². The van der Waals surface area contributed by atoms with E-state index < -0.39 is 10.1 Å². The summed E-state index contributed by atoms with van der Waals surface area (Å²) in [7, 11) is -2.31. The van der Waals surface area contributed by atoms with Crippen molar-refractivity contribution in [2.75, 3.05) is 26.1 Å². The lowest BCUT2D eigenvalue weighted by atomic mass is 10.5. The highest BCUT2D eigenvalue weighted by Crippen LogP contribution is 2.17. The fourth-order valence-electron chi connectivity index (χ4n) is 1.49. The highest BCUT2D eigenvalue weighted by atomic mass is 32.2. The van der Waals surface area contributed by atoms with E-state index in [9.17, 15) is 13.0 Å². The van der Waals surface area contributed by atoms with Gasteiger partial charge in [0.05, 0.1) is 12.7 Å². The first-order chi connectivity index (χ1) is 5.87. The van der Waals surface area contributed by atoms with Gasteiger partial charge in [-0.25, -0.2) is 8.42 Å². The molecule has 0 fully saturated rings. The Morgan fingerprint density at radius 3 is 2.54 bits per heavy atom. The van der Waals surface area contributed by atoms with Crippen LogP contribution in [-0.4, -0.2) is 48.5 Å². The fraction of sp³-hybridized carbons (Fsp3) is 0.714. The molecule has 0 aromatic carbocycles. The normalized spacial score (nSPS) is 28.4. The van der Waals surface area contributed by atoms with Crippen LogP contribution in [0.5, 0.6) is 0 Å². The van der Waals surface area contributed by atoms with Crippen LogP contribution in [0.3, 0.4) is 0 Å². The highest BCUT2D eigenvalue weighted by molar-refractivity contribution is 7.85. The van der Waals surface area contributed by atoms with E-state index in [1.807, 2.05) is 18.9 Å². The summed E-state index contributed by atoms with van der Waals surface area (Å²) in [5.74, 6) is -0.357. The van der Waals surface area contributed by atoms with E-state index in [2.05, 4.69) is 0 Å². The molecular formula is C7H14N2O3S. The lowest BCUT2D eigenvalue weighted by Gasteiger charge is -2.31. The number of hydrogen-bond acceptors (Lipinski definition) is 4. The molecule has 13 heavy (non-hydrogen) atoms. The van der Waals surface area contributed by atoms with Crippen LogP contribution in [0.4, 0.5) is 0 Å². The molecule has 0 aromatic heterocycles. The number of nitrogens with zero attached hydrogens (tertiary/aromatic N) is 2. The first-order valence-corrected chi connectivity index (χ1v) is 5.63. The predicted molar refractivity (Wildman–Crippen MR) is 47.1 cm³/mol. The van der Waals surface area contributed by atoms with Gasteiger partial charge in [0.2, 0.25) is 0 Å². The van der Waals surface area contributed by atoms with Crippen molar-refractivity contribution in [1.82, 2.24) is 4.90 Å². The molecular weight excluding hydrogens is 192 g/mol. The molecule has 0 N–H and O–H groups in total. The Morgan fingerprint density at radius 2 is 2.23 bits per heavy atom. The largest absolute Gasteiger partial charge is 0.744 e. The molecule has 0 amide bonds. The monoisotopic (exact) mass is 206 g/mol. The molecule has 0 bridgehead atoms. The second kappa shape index (κ2) is 3.28. The molecule has 1 aliphatic rings. The van der Waals surface area contributed by atoms with Crippen molar-refractivity contribution in [3.63, 3.8) is 0 Å². The van der Waals surface area contributed by atoms with Crippen molar-refractivity contribution in [3.05, 3.63) is 12.4 Å². The number of hydrogen-bond donors (Lipinski definition) is 0. The van der Waals surface area contributed by atoms with Crippen molar-refractivity contribution in [3.8, 4) is 0 Å². The van der Waals surface area contributed by atoms with Crippen molar-refractivity contribution in [2.45, 2.75) is 6.92 Å². The summed E-state index contributed by atoms with van der Waals surface area (Å²) in [6.07, 6.45) is 3.56. The summed E-state index contributed by atoms with van der Waals surface area (Å²) in [5, 5.41) is 0. The van der Waals surface area contributed by atoms with Crippen molar-refractivity contribution < 1.29 is 17.5 Å². The van der Waals surface area contributed by atoms with Crippen LogP contribution in [-0.2, 0) is 10.1 Å². The van der Waals surface area contributed by atoms with E-state index in [0.29, 0.717) is 13.2 Å². The van der Waals surface area contributed by atoms with Gasteiger partial charge in [0.25, 0.3) is 0 Å². The lowest BCUT2D eigenvalue weighted by Crippen LogP contribution is -2.47. The topological polar surface area (TPSA) is 60.4 Å². The third kappa shape index (κ3) is 2.68. The zero-order valence-electron chi connectivity index (χ0n) is 7.80. The average molecular weight is 206 g/mol. The highest BCUT2D eigenvalue weighted by Gasteiger charge is 2.30. The van der Waals surface area contributed by atoms with Crippen molar-refractivity contribution >= 4 is 10.1 Å². The molecule has 1 heterocycles. The Bertz CT molecular complexity index is 312. The van der Waals surface area contributed by atoms with Crippen molar-refractivity contribution in [2.24, 2.45) is 0 Å². The summed E-state index contributed by atoms with van der Waals surface area (Å²) < 4.78 is 32.1. The van der Waals surface area contributed by atoms with Gasteiger partial charge >= 0.3 is 0 Å². The zero-order valence-corrected chi connectivity index (χ0v) is 8.62. The maximum absolute atomic E-state index is 10.6. The smallest absolute Gasteiger partial charge is 0.174 e. The summed E-state index contributed by atoms with van der Waals surface area (Å²) in [6, 6.07) is 0. The standard InChI is InChI=1S/C7H14N2O3S/c1-3-9(7-13(10,11)12)5-4-8(2)6-9/h4-5H,3,6-7H2,1-2H3. The van der Waals surface area contributed by atoms with Gasteiger partial charge in [-0.3, -0.25) is 4.48 Å². The predicted octanol–water partition coefficient (Wildman–Crippen LogP) is -0.300. The molecule has 0 saturated heterocycles. The average Bonchev–Trinajstić information content (AvgIpc) is 2.29. The van der Waals surface area contributed by atoms with Gasteiger partial charge in [-0.2, -0.15) is 0 Å². The number of rotatable bonds is 3. The van der Waals surface area contributed by atoms with Gasteiger partial charge < -0.3 is 9.45 Å². The molecule has 1 atom stereocenters. The second-order valence-corrected chi connectivity index (χ2v) is 4.79.